The van der Waals surface area contributed by atoms with Crippen molar-refractivity contribution in [2.75, 3.05) is 12.4 Å². The summed E-state index contributed by atoms with van der Waals surface area (Å²) >= 11 is 5.01. The molecule has 0 amide bonds. The molecular formula is C15H15FN2OS. The number of nitrogens with one attached hydrogen (secondary N) is 1. The van der Waals surface area contributed by atoms with Gasteiger partial charge in [-0.05, 0) is 36.8 Å². The van der Waals surface area contributed by atoms with Crippen LogP contribution < -0.4 is 15.8 Å². The van der Waals surface area contributed by atoms with Crippen LogP contribution in [0.25, 0.3) is 0 Å². The van der Waals surface area contributed by atoms with E-state index in [1.807, 2.05) is 25.1 Å². The monoisotopic (exact) mass is 290 g/mol. The summed E-state index contributed by atoms with van der Waals surface area (Å²) in [5.74, 6) is 0.194. The zero-order valence-electron chi connectivity index (χ0n) is 11.2. The summed E-state index contributed by atoms with van der Waals surface area (Å²) in [4.78, 5) is 0.260. The molecule has 2 aromatic carbocycles. The van der Waals surface area contributed by atoms with Gasteiger partial charge in [0.25, 0.3) is 0 Å². The minimum Gasteiger partial charge on any atom is -0.497 e. The van der Waals surface area contributed by atoms with Gasteiger partial charge in [0.05, 0.1) is 12.8 Å². The Labute approximate surface area is 122 Å². The highest BCUT2D eigenvalue weighted by atomic mass is 32.1. The largest absolute Gasteiger partial charge is 0.497 e. The number of hydrogen-bond donors (Lipinski definition) is 2. The Hall–Kier alpha value is -2.14. The molecule has 0 aromatic heterocycles. The van der Waals surface area contributed by atoms with Gasteiger partial charge in [-0.15, -0.1) is 0 Å². The summed E-state index contributed by atoms with van der Waals surface area (Å²) < 4.78 is 18.9. The van der Waals surface area contributed by atoms with Crippen molar-refractivity contribution in [2.45, 2.75) is 6.92 Å². The molecule has 3 nitrogen and oxygen atoms in total. The zero-order chi connectivity index (χ0) is 14.7. The van der Waals surface area contributed by atoms with Crippen LogP contribution >= 0.6 is 12.2 Å². The molecule has 0 fully saturated rings. The molecule has 2 rings (SSSR count). The third-order valence-electron chi connectivity index (χ3n) is 2.88. The number of methoxy groups -OCH3 is 1. The van der Waals surface area contributed by atoms with Crippen LogP contribution in [0.1, 0.15) is 11.1 Å². The van der Waals surface area contributed by atoms with Crippen LogP contribution in [0.5, 0.6) is 5.75 Å². The summed E-state index contributed by atoms with van der Waals surface area (Å²) in [5, 5.41) is 3.02. The minimum atomic E-state index is -0.374. The number of nitrogens with two attached hydrogens (primary N) is 1. The molecule has 5 heteroatoms. The molecule has 20 heavy (non-hydrogen) atoms. The summed E-state index contributed by atoms with van der Waals surface area (Å²) in [7, 11) is 1.53. The van der Waals surface area contributed by atoms with Crippen LogP contribution in [0.2, 0.25) is 0 Å². The lowest BCUT2D eigenvalue weighted by atomic mass is 10.1. The normalized spacial score (nSPS) is 10.2. The topological polar surface area (TPSA) is 47.3 Å². The van der Waals surface area contributed by atoms with E-state index in [2.05, 4.69) is 5.32 Å². The summed E-state index contributed by atoms with van der Waals surface area (Å²) in [6.45, 7) is 1.94. The number of anilines is 2. The van der Waals surface area contributed by atoms with E-state index in [1.165, 1.54) is 13.2 Å². The quantitative estimate of drug-likeness (QED) is 0.846. The average Bonchev–Trinajstić information content (AvgIpc) is 2.41. The SMILES string of the molecule is COc1ccc(F)c(Nc2cc(C)ccc2C(N)=S)c1. The van der Waals surface area contributed by atoms with Gasteiger partial charge in [0.15, 0.2) is 0 Å². The van der Waals surface area contributed by atoms with E-state index in [0.717, 1.165) is 5.56 Å². The number of aryl methyl sites for hydroxylation is 1. The van der Waals surface area contributed by atoms with Crippen molar-refractivity contribution in [3.05, 3.63) is 53.3 Å². The van der Waals surface area contributed by atoms with Crippen molar-refractivity contribution >= 4 is 28.6 Å². The number of hydrogen-bond acceptors (Lipinski definition) is 3. The van der Waals surface area contributed by atoms with Gasteiger partial charge >= 0.3 is 0 Å². The molecule has 0 aliphatic heterocycles. The summed E-state index contributed by atoms with van der Waals surface area (Å²) in [5.41, 5.74) is 8.37. The van der Waals surface area contributed by atoms with E-state index in [4.69, 9.17) is 22.7 Å². The maximum absolute atomic E-state index is 13.8. The van der Waals surface area contributed by atoms with Gasteiger partial charge in [-0.3, -0.25) is 0 Å². The first-order chi connectivity index (χ1) is 9.51. The molecule has 2 aromatic rings. The van der Waals surface area contributed by atoms with Gasteiger partial charge in [-0.2, -0.15) is 0 Å². The third kappa shape index (κ3) is 3.05. The fraction of sp³-hybridized carbons (Fsp3) is 0.133. The second-order valence-electron chi connectivity index (χ2n) is 4.38. The number of thiocarbonyl (C=S) groups is 1. The van der Waals surface area contributed by atoms with Crippen LogP contribution in [-0.4, -0.2) is 12.1 Å². The lowest BCUT2D eigenvalue weighted by Crippen LogP contribution is -2.12. The van der Waals surface area contributed by atoms with Crippen molar-refractivity contribution in [3.8, 4) is 5.75 Å². The van der Waals surface area contributed by atoms with E-state index in [9.17, 15) is 4.39 Å². The van der Waals surface area contributed by atoms with Crippen molar-refractivity contribution in [3.63, 3.8) is 0 Å². The maximum atomic E-state index is 13.8. The number of halogens is 1. The highest BCUT2D eigenvalue weighted by Crippen LogP contribution is 2.27. The van der Waals surface area contributed by atoms with Gasteiger partial charge in [0, 0.05) is 17.3 Å². The molecule has 0 heterocycles. The second kappa shape index (κ2) is 5.88. The molecule has 0 spiro atoms. The Morgan fingerprint density at radius 1 is 1.20 bits per heavy atom. The van der Waals surface area contributed by atoms with E-state index < -0.39 is 0 Å². The lowest BCUT2D eigenvalue weighted by molar-refractivity contribution is 0.414. The van der Waals surface area contributed by atoms with Crippen LogP contribution in [-0.2, 0) is 0 Å². The molecule has 0 saturated heterocycles. The van der Waals surface area contributed by atoms with Crippen molar-refractivity contribution < 1.29 is 9.13 Å². The van der Waals surface area contributed by atoms with Gasteiger partial charge in [0.2, 0.25) is 0 Å². The molecule has 0 atom stereocenters. The fourth-order valence-corrected chi connectivity index (χ4v) is 2.03. The highest BCUT2D eigenvalue weighted by molar-refractivity contribution is 7.80. The van der Waals surface area contributed by atoms with Gasteiger partial charge < -0.3 is 15.8 Å². The molecule has 0 saturated carbocycles. The lowest BCUT2D eigenvalue weighted by Gasteiger charge is -2.13. The Kier molecular flexibility index (Phi) is 4.20. The molecule has 0 aliphatic rings. The van der Waals surface area contributed by atoms with Crippen molar-refractivity contribution in [1.29, 1.82) is 0 Å². The highest BCUT2D eigenvalue weighted by Gasteiger charge is 2.09. The smallest absolute Gasteiger partial charge is 0.146 e. The third-order valence-corrected chi connectivity index (χ3v) is 3.10. The predicted octanol–water partition coefficient (Wildman–Crippen LogP) is 3.52. The van der Waals surface area contributed by atoms with Gasteiger partial charge in [-0.1, -0.05) is 18.3 Å². The van der Waals surface area contributed by atoms with Crippen LogP contribution in [0, 0.1) is 12.7 Å². The molecular weight excluding hydrogens is 275 g/mol. The predicted molar refractivity (Wildman–Crippen MR) is 83.3 cm³/mol. The van der Waals surface area contributed by atoms with E-state index in [0.29, 0.717) is 22.7 Å². The fourth-order valence-electron chi connectivity index (χ4n) is 1.85. The number of ether oxygens (including phenoxy) is 1. The van der Waals surface area contributed by atoms with Crippen LogP contribution in [0.4, 0.5) is 15.8 Å². The molecule has 0 unspecified atom stereocenters. The number of rotatable bonds is 4. The molecule has 0 bridgehead atoms. The molecule has 3 N–H and O–H groups in total. The van der Waals surface area contributed by atoms with E-state index >= 15 is 0 Å². The molecule has 0 radical (unpaired) electrons. The first kappa shape index (κ1) is 14.3. The summed E-state index contributed by atoms with van der Waals surface area (Å²) in [6.07, 6.45) is 0. The first-order valence-corrected chi connectivity index (χ1v) is 6.43. The van der Waals surface area contributed by atoms with Crippen LogP contribution in [0.3, 0.4) is 0 Å². The van der Waals surface area contributed by atoms with Crippen molar-refractivity contribution in [2.24, 2.45) is 5.73 Å². The number of benzene rings is 2. The minimum absolute atomic E-state index is 0.260. The zero-order valence-corrected chi connectivity index (χ0v) is 12.1. The van der Waals surface area contributed by atoms with Crippen LogP contribution in [0.15, 0.2) is 36.4 Å². The van der Waals surface area contributed by atoms with Gasteiger partial charge in [0.1, 0.15) is 16.6 Å². The molecule has 0 aliphatic carbocycles. The summed E-state index contributed by atoms with van der Waals surface area (Å²) in [6, 6.07) is 10.1. The van der Waals surface area contributed by atoms with E-state index in [1.54, 1.807) is 12.1 Å². The first-order valence-electron chi connectivity index (χ1n) is 6.02. The Bertz CT molecular complexity index is 658. The average molecular weight is 290 g/mol. The van der Waals surface area contributed by atoms with Gasteiger partial charge in [-0.25, -0.2) is 4.39 Å². The van der Waals surface area contributed by atoms with E-state index in [-0.39, 0.29) is 10.8 Å². The Balaban J connectivity index is 2.43. The van der Waals surface area contributed by atoms with Crippen molar-refractivity contribution in [1.82, 2.24) is 0 Å². The standard InChI is InChI=1S/C15H15FN2OS/c1-9-3-5-11(15(17)20)13(7-9)18-14-8-10(19-2)4-6-12(14)16/h3-8,18H,1-2H3,(H2,17,20). The molecule has 104 valence electrons. The Morgan fingerprint density at radius 2 is 1.95 bits per heavy atom. The second-order valence-corrected chi connectivity index (χ2v) is 4.82. The Morgan fingerprint density at radius 3 is 2.60 bits per heavy atom. The maximum Gasteiger partial charge on any atom is 0.146 e.